The van der Waals surface area contributed by atoms with Gasteiger partial charge in [0.2, 0.25) is 0 Å². The van der Waals surface area contributed by atoms with Crippen LogP contribution in [-0.2, 0) is 12.7 Å². The summed E-state index contributed by atoms with van der Waals surface area (Å²) in [5, 5.41) is 3.79. The van der Waals surface area contributed by atoms with Crippen molar-refractivity contribution in [3.05, 3.63) is 101 Å². The highest BCUT2D eigenvalue weighted by Crippen LogP contribution is 2.31. The maximum absolute atomic E-state index is 13.0. The molecule has 168 valence electrons. The van der Waals surface area contributed by atoms with E-state index in [1.807, 2.05) is 36.4 Å². The molecular weight excluding hydrogens is 411 g/mol. The minimum atomic E-state index is -4.31. The summed E-state index contributed by atoms with van der Waals surface area (Å²) < 4.78 is 39.0. The summed E-state index contributed by atoms with van der Waals surface area (Å²) >= 11 is 0. The summed E-state index contributed by atoms with van der Waals surface area (Å²) in [5.41, 5.74) is 9.38. The van der Waals surface area contributed by atoms with E-state index in [4.69, 9.17) is 5.73 Å². The molecule has 3 N–H and O–H groups in total. The Morgan fingerprint density at radius 1 is 0.906 bits per heavy atom. The largest absolute Gasteiger partial charge is 0.416 e. The lowest BCUT2D eigenvalue weighted by Gasteiger charge is -2.35. The summed E-state index contributed by atoms with van der Waals surface area (Å²) in [5.74, 6) is 0. The molecule has 0 aromatic heterocycles. The van der Waals surface area contributed by atoms with E-state index in [0.29, 0.717) is 18.2 Å². The molecule has 1 aliphatic rings. The summed E-state index contributed by atoms with van der Waals surface area (Å²) in [6.45, 7) is 2.20. The zero-order valence-corrected chi connectivity index (χ0v) is 17.9. The fourth-order valence-electron chi connectivity index (χ4n) is 4.38. The molecule has 3 aromatic carbocycles. The van der Waals surface area contributed by atoms with Gasteiger partial charge in [0, 0.05) is 18.3 Å². The van der Waals surface area contributed by atoms with Gasteiger partial charge >= 0.3 is 6.18 Å². The number of likely N-dealkylation sites (tertiary alicyclic amines) is 1. The van der Waals surface area contributed by atoms with Crippen LogP contribution in [0.2, 0.25) is 0 Å². The van der Waals surface area contributed by atoms with Crippen LogP contribution in [0.4, 0.5) is 18.9 Å². The zero-order valence-electron chi connectivity index (χ0n) is 17.9. The Labute approximate surface area is 187 Å². The molecule has 1 heterocycles. The number of nitrogens with two attached hydrogens (primary N) is 1. The first-order valence-corrected chi connectivity index (χ1v) is 10.9. The van der Waals surface area contributed by atoms with Gasteiger partial charge < -0.3 is 11.1 Å². The Morgan fingerprint density at radius 3 is 2.28 bits per heavy atom. The van der Waals surface area contributed by atoms with Gasteiger partial charge in [0.25, 0.3) is 0 Å². The first kappa shape index (κ1) is 22.4. The molecule has 1 saturated heterocycles. The van der Waals surface area contributed by atoms with Crippen LogP contribution in [-0.4, -0.2) is 24.0 Å². The predicted molar refractivity (Wildman–Crippen MR) is 122 cm³/mol. The molecule has 0 bridgehead atoms. The van der Waals surface area contributed by atoms with E-state index >= 15 is 0 Å². The van der Waals surface area contributed by atoms with Gasteiger partial charge in [-0.05, 0) is 54.8 Å². The van der Waals surface area contributed by atoms with Gasteiger partial charge in [-0.3, -0.25) is 4.90 Å². The lowest BCUT2D eigenvalue weighted by Crippen LogP contribution is -2.43. The lowest BCUT2D eigenvalue weighted by atomic mass is 9.94. The van der Waals surface area contributed by atoms with E-state index in [1.165, 1.54) is 12.1 Å². The third-order valence-corrected chi connectivity index (χ3v) is 6.09. The number of alkyl halides is 3. The molecule has 3 aromatic rings. The topological polar surface area (TPSA) is 41.3 Å². The van der Waals surface area contributed by atoms with Gasteiger partial charge in [0.1, 0.15) is 0 Å². The molecule has 0 radical (unpaired) electrons. The Morgan fingerprint density at radius 2 is 1.59 bits per heavy atom. The van der Waals surface area contributed by atoms with E-state index < -0.39 is 11.7 Å². The van der Waals surface area contributed by atoms with Crippen molar-refractivity contribution in [2.45, 2.75) is 37.6 Å². The zero-order chi connectivity index (χ0) is 22.6. The molecule has 4 rings (SSSR count). The fourth-order valence-corrected chi connectivity index (χ4v) is 4.38. The number of piperidine rings is 1. The van der Waals surface area contributed by atoms with E-state index in [1.54, 1.807) is 6.07 Å². The molecule has 0 amide bonds. The SMILES string of the molecule is Nc1ccccc1C(NC1CCN(Cc2cccc(C(F)(F)F)c2)CC1)c1ccccc1. The highest BCUT2D eigenvalue weighted by atomic mass is 19.4. The third-order valence-electron chi connectivity index (χ3n) is 6.09. The van der Waals surface area contributed by atoms with Crippen molar-refractivity contribution in [2.75, 3.05) is 18.8 Å². The van der Waals surface area contributed by atoms with Crippen molar-refractivity contribution >= 4 is 5.69 Å². The van der Waals surface area contributed by atoms with Crippen LogP contribution in [0, 0.1) is 0 Å². The normalized spacial score (nSPS) is 16.7. The van der Waals surface area contributed by atoms with Crippen LogP contribution >= 0.6 is 0 Å². The van der Waals surface area contributed by atoms with Crippen LogP contribution < -0.4 is 11.1 Å². The van der Waals surface area contributed by atoms with E-state index in [9.17, 15) is 13.2 Å². The lowest BCUT2D eigenvalue weighted by molar-refractivity contribution is -0.137. The molecule has 1 fully saturated rings. The molecular formula is C26H28F3N3. The second-order valence-electron chi connectivity index (χ2n) is 8.39. The minimum Gasteiger partial charge on any atom is -0.398 e. The van der Waals surface area contributed by atoms with E-state index in [-0.39, 0.29) is 6.04 Å². The molecule has 3 nitrogen and oxygen atoms in total. The molecule has 1 aliphatic heterocycles. The van der Waals surface area contributed by atoms with Gasteiger partial charge in [-0.2, -0.15) is 13.2 Å². The monoisotopic (exact) mass is 439 g/mol. The minimum absolute atomic E-state index is 0.00239. The van der Waals surface area contributed by atoms with Gasteiger partial charge in [-0.15, -0.1) is 0 Å². The number of benzene rings is 3. The molecule has 0 aliphatic carbocycles. The van der Waals surface area contributed by atoms with Crippen molar-refractivity contribution in [2.24, 2.45) is 0 Å². The fraction of sp³-hybridized carbons (Fsp3) is 0.308. The average Bonchev–Trinajstić information content (AvgIpc) is 2.79. The number of hydrogen-bond acceptors (Lipinski definition) is 3. The van der Waals surface area contributed by atoms with Crippen LogP contribution in [0.1, 0.15) is 41.1 Å². The van der Waals surface area contributed by atoms with Crippen molar-refractivity contribution in [3.63, 3.8) is 0 Å². The van der Waals surface area contributed by atoms with Crippen LogP contribution in [0.3, 0.4) is 0 Å². The van der Waals surface area contributed by atoms with Gasteiger partial charge in [-0.1, -0.05) is 66.7 Å². The number of nitrogens with one attached hydrogen (secondary N) is 1. The van der Waals surface area contributed by atoms with Crippen LogP contribution in [0.25, 0.3) is 0 Å². The highest BCUT2D eigenvalue weighted by Gasteiger charge is 2.30. The maximum Gasteiger partial charge on any atom is 0.416 e. The molecule has 32 heavy (non-hydrogen) atoms. The Bertz CT molecular complexity index is 1010. The molecule has 0 spiro atoms. The average molecular weight is 440 g/mol. The molecule has 1 unspecified atom stereocenters. The first-order valence-electron chi connectivity index (χ1n) is 10.9. The van der Waals surface area contributed by atoms with Crippen molar-refractivity contribution in [1.82, 2.24) is 10.2 Å². The quantitative estimate of drug-likeness (QED) is 0.489. The molecule has 1 atom stereocenters. The third kappa shape index (κ3) is 5.50. The van der Waals surface area contributed by atoms with Crippen molar-refractivity contribution < 1.29 is 13.2 Å². The second kappa shape index (κ2) is 9.76. The predicted octanol–water partition coefficient (Wildman–Crippen LogP) is 5.63. The standard InChI is InChI=1S/C26H28F3N3/c27-26(28,29)21-10-6-7-19(17-21)18-32-15-13-22(14-16-32)31-25(20-8-2-1-3-9-20)23-11-4-5-12-24(23)30/h1-12,17,22,25,31H,13-16,18,30H2. The molecule has 6 heteroatoms. The van der Waals surface area contributed by atoms with Gasteiger partial charge in [0.15, 0.2) is 0 Å². The van der Waals surface area contributed by atoms with Crippen molar-refractivity contribution in [1.29, 1.82) is 0 Å². The summed E-state index contributed by atoms with van der Waals surface area (Å²) in [6, 6.07) is 24.1. The number of nitrogens with zero attached hydrogens (tertiary/aromatic N) is 1. The van der Waals surface area contributed by atoms with Crippen LogP contribution in [0.15, 0.2) is 78.9 Å². The Balaban J connectivity index is 1.41. The second-order valence-corrected chi connectivity index (χ2v) is 8.39. The number of rotatable bonds is 6. The smallest absolute Gasteiger partial charge is 0.398 e. The maximum atomic E-state index is 13.0. The number of anilines is 1. The van der Waals surface area contributed by atoms with E-state index in [0.717, 1.165) is 48.8 Å². The van der Waals surface area contributed by atoms with Gasteiger partial charge in [-0.25, -0.2) is 0 Å². The summed E-state index contributed by atoms with van der Waals surface area (Å²) in [7, 11) is 0. The number of hydrogen-bond donors (Lipinski definition) is 2. The van der Waals surface area contributed by atoms with Gasteiger partial charge in [0.05, 0.1) is 11.6 Å². The van der Waals surface area contributed by atoms with E-state index in [2.05, 4.69) is 28.4 Å². The number of para-hydroxylation sites is 1. The molecule has 0 saturated carbocycles. The Hall–Kier alpha value is -2.83. The van der Waals surface area contributed by atoms with Crippen LogP contribution in [0.5, 0.6) is 0 Å². The summed E-state index contributed by atoms with van der Waals surface area (Å²) in [4.78, 5) is 2.22. The van der Waals surface area contributed by atoms with Crippen molar-refractivity contribution in [3.8, 4) is 0 Å². The highest BCUT2D eigenvalue weighted by molar-refractivity contribution is 5.51. The Kier molecular flexibility index (Phi) is 6.82. The summed E-state index contributed by atoms with van der Waals surface area (Å²) in [6.07, 6.45) is -2.46. The number of halogens is 3. The first-order chi connectivity index (χ1) is 15.4. The number of nitrogen functional groups attached to an aromatic ring is 1.